The molecular weight excluding hydrogens is 320 g/mol. The van der Waals surface area contributed by atoms with Gasteiger partial charge in [-0.25, -0.2) is 0 Å². The van der Waals surface area contributed by atoms with Crippen LogP contribution in [0, 0.1) is 0 Å². The van der Waals surface area contributed by atoms with Gasteiger partial charge in [0.05, 0.1) is 0 Å². The highest BCUT2D eigenvalue weighted by molar-refractivity contribution is 5.92. The minimum atomic E-state index is -0.0219. The van der Waals surface area contributed by atoms with Gasteiger partial charge in [0.1, 0.15) is 0 Å². The number of anilines is 2. The van der Waals surface area contributed by atoms with Crippen molar-refractivity contribution in [2.24, 2.45) is 0 Å². The zero-order valence-corrected chi connectivity index (χ0v) is 15.0. The predicted molar refractivity (Wildman–Crippen MR) is 108 cm³/mol. The summed E-state index contributed by atoms with van der Waals surface area (Å²) in [5, 5.41) is 2.99. The van der Waals surface area contributed by atoms with E-state index >= 15 is 0 Å². The maximum absolute atomic E-state index is 12.7. The first-order chi connectivity index (χ1) is 12.7. The molecular formula is C23H24N2O. The number of carbonyl (C=O) groups excluding carboxylic acids is 1. The van der Waals surface area contributed by atoms with Gasteiger partial charge in [0.15, 0.2) is 0 Å². The van der Waals surface area contributed by atoms with E-state index < -0.39 is 0 Å². The van der Waals surface area contributed by atoms with Crippen molar-refractivity contribution in [2.75, 3.05) is 11.1 Å². The van der Waals surface area contributed by atoms with Gasteiger partial charge < -0.3 is 11.1 Å². The lowest BCUT2D eigenvalue weighted by molar-refractivity contribution is -0.116. The summed E-state index contributed by atoms with van der Waals surface area (Å²) in [7, 11) is 0. The topological polar surface area (TPSA) is 55.1 Å². The Labute approximate surface area is 154 Å². The molecule has 26 heavy (non-hydrogen) atoms. The number of benzene rings is 3. The van der Waals surface area contributed by atoms with E-state index in [0.717, 1.165) is 28.8 Å². The summed E-state index contributed by atoms with van der Waals surface area (Å²) in [4.78, 5) is 12.7. The van der Waals surface area contributed by atoms with Crippen molar-refractivity contribution < 1.29 is 4.79 Å². The van der Waals surface area contributed by atoms with Crippen molar-refractivity contribution in [1.29, 1.82) is 0 Å². The van der Waals surface area contributed by atoms with Gasteiger partial charge in [-0.3, -0.25) is 4.79 Å². The first-order valence-corrected chi connectivity index (χ1v) is 8.95. The van der Waals surface area contributed by atoms with Crippen LogP contribution in [0.5, 0.6) is 0 Å². The summed E-state index contributed by atoms with van der Waals surface area (Å²) in [5.41, 5.74) is 10.9. The first-order valence-electron chi connectivity index (χ1n) is 8.95. The number of nitrogens with two attached hydrogens (primary N) is 1. The zero-order chi connectivity index (χ0) is 18.4. The summed E-state index contributed by atoms with van der Waals surface area (Å²) in [6, 6.07) is 26.0. The van der Waals surface area contributed by atoms with Crippen LogP contribution in [0.1, 0.15) is 36.0 Å². The Hall–Kier alpha value is -3.07. The smallest absolute Gasteiger partial charge is 0.225 e. The minimum absolute atomic E-state index is 0.0182. The van der Waals surface area contributed by atoms with E-state index in [0.29, 0.717) is 12.1 Å². The van der Waals surface area contributed by atoms with Crippen LogP contribution in [0.2, 0.25) is 0 Å². The summed E-state index contributed by atoms with van der Waals surface area (Å²) in [6.45, 7) is 2.06. The van der Waals surface area contributed by atoms with Gasteiger partial charge in [-0.2, -0.15) is 0 Å². The fourth-order valence-corrected chi connectivity index (χ4v) is 3.19. The molecule has 0 aliphatic rings. The third kappa shape index (κ3) is 4.31. The molecule has 3 aromatic carbocycles. The van der Waals surface area contributed by atoms with Gasteiger partial charge in [0, 0.05) is 23.7 Å². The highest BCUT2D eigenvalue weighted by Crippen LogP contribution is 2.28. The van der Waals surface area contributed by atoms with Gasteiger partial charge in [-0.1, -0.05) is 73.7 Å². The lowest BCUT2D eigenvalue weighted by atomic mass is 9.88. The first kappa shape index (κ1) is 17.7. The Morgan fingerprint density at radius 2 is 1.50 bits per heavy atom. The van der Waals surface area contributed by atoms with Crippen molar-refractivity contribution in [2.45, 2.75) is 25.7 Å². The molecule has 0 fully saturated rings. The largest absolute Gasteiger partial charge is 0.398 e. The number of amides is 1. The summed E-state index contributed by atoms with van der Waals surface area (Å²) >= 11 is 0. The average molecular weight is 344 g/mol. The summed E-state index contributed by atoms with van der Waals surface area (Å²) in [5.74, 6) is -0.00369. The van der Waals surface area contributed by atoms with Crippen molar-refractivity contribution in [3.63, 3.8) is 0 Å². The molecule has 0 saturated carbocycles. The van der Waals surface area contributed by atoms with Crippen molar-refractivity contribution in [3.05, 3.63) is 95.6 Å². The number of rotatable bonds is 6. The molecule has 0 radical (unpaired) electrons. The van der Waals surface area contributed by atoms with E-state index in [2.05, 4.69) is 36.5 Å². The molecule has 0 saturated heterocycles. The Bertz CT molecular complexity index is 820. The van der Waals surface area contributed by atoms with E-state index in [1.807, 2.05) is 54.6 Å². The molecule has 0 atom stereocenters. The Kier molecular flexibility index (Phi) is 5.69. The van der Waals surface area contributed by atoms with Gasteiger partial charge in [-0.15, -0.1) is 0 Å². The van der Waals surface area contributed by atoms with E-state index in [1.165, 1.54) is 0 Å². The predicted octanol–water partition coefficient (Wildman–Crippen LogP) is 4.99. The van der Waals surface area contributed by atoms with Crippen LogP contribution in [0.3, 0.4) is 0 Å². The van der Waals surface area contributed by atoms with Crippen LogP contribution >= 0.6 is 0 Å². The third-order valence-electron chi connectivity index (χ3n) is 4.60. The third-order valence-corrected chi connectivity index (χ3v) is 4.60. The van der Waals surface area contributed by atoms with Gasteiger partial charge in [-0.05, 0) is 35.2 Å². The summed E-state index contributed by atoms with van der Waals surface area (Å²) < 4.78 is 0. The number of nitrogen functional groups attached to an aromatic ring is 1. The van der Waals surface area contributed by atoms with Crippen molar-refractivity contribution in [1.82, 2.24) is 0 Å². The second kappa shape index (κ2) is 8.34. The van der Waals surface area contributed by atoms with Crippen LogP contribution in [0.25, 0.3) is 0 Å². The second-order valence-corrected chi connectivity index (χ2v) is 6.39. The van der Waals surface area contributed by atoms with Crippen LogP contribution < -0.4 is 11.1 Å². The summed E-state index contributed by atoms with van der Waals surface area (Å²) in [6.07, 6.45) is 1.26. The number of hydrogen-bond donors (Lipinski definition) is 2. The number of nitrogens with one attached hydrogen (secondary N) is 1. The van der Waals surface area contributed by atoms with Gasteiger partial charge in [0.2, 0.25) is 5.91 Å². The molecule has 132 valence electrons. The molecule has 3 N–H and O–H groups in total. The molecule has 0 aromatic heterocycles. The lowest BCUT2D eigenvalue weighted by Crippen LogP contribution is -2.16. The molecule has 1 amide bonds. The quantitative estimate of drug-likeness (QED) is 0.619. The zero-order valence-electron chi connectivity index (χ0n) is 15.0. The molecule has 0 unspecified atom stereocenters. The van der Waals surface area contributed by atoms with Gasteiger partial charge >= 0.3 is 0 Å². The molecule has 3 aromatic rings. The van der Waals surface area contributed by atoms with Crippen LogP contribution in [0.4, 0.5) is 11.4 Å². The van der Waals surface area contributed by atoms with E-state index in [-0.39, 0.29) is 11.8 Å². The Morgan fingerprint density at radius 3 is 2.00 bits per heavy atom. The molecule has 0 bridgehead atoms. The number of aryl methyl sites for hydroxylation is 1. The molecule has 0 aliphatic carbocycles. The maximum Gasteiger partial charge on any atom is 0.225 e. The standard InChI is InChI=1S/C23H24N2O/c1-2-17-13-14-20(15-22(17)24)25-23(26)16-21(18-9-5-3-6-10-18)19-11-7-4-8-12-19/h3-15,21H,2,16,24H2,1H3,(H,25,26). The van der Waals surface area contributed by atoms with Crippen LogP contribution in [-0.4, -0.2) is 5.91 Å². The van der Waals surface area contributed by atoms with Crippen molar-refractivity contribution >= 4 is 17.3 Å². The fourth-order valence-electron chi connectivity index (χ4n) is 3.19. The van der Waals surface area contributed by atoms with Crippen LogP contribution in [0.15, 0.2) is 78.9 Å². The molecule has 3 nitrogen and oxygen atoms in total. The van der Waals surface area contributed by atoms with E-state index in [4.69, 9.17) is 5.73 Å². The fraction of sp³-hybridized carbons (Fsp3) is 0.174. The van der Waals surface area contributed by atoms with Gasteiger partial charge in [0.25, 0.3) is 0 Å². The molecule has 0 spiro atoms. The second-order valence-electron chi connectivity index (χ2n) is 6.39. The SMILES string of the molecule is CCc1ccc(NC(=O)CC(c2ccccc2)c2ccccc2)cc1N. The number of carbonyl (C=O) groups is 1. The molecule has 0 aliphatic heterocycles. The highest BCUT2D eigenvalue weighted by Gasteiger charge is 2.18. The normalized spacial score (nSPS) is 10.7. The molecule has 3 heteroatoms. The van der Waals surface area contributed by atoms with E-state index in [9.17, 15) is 4.79 Å². The molecule has 3 rings (SSSR count). The Balaban J connectivity index is 1.79. The number of hydrogen-bond acceptors (Lipinski definition) is 2. The van der Waals surface area contributed by atoms with Crippen molar-refractivity contribution in [3.8, 4) is 0 Å². The monoisotopic (exact) mass is 344 g/mol. The Morgan fingerprint density at radius 1 is 0.923 bits per heavy atom. The minimum Gasteiger partial charge on any atom is -0.398 e. The lowest BCUT2D eigenvalue weighted by Gasteiger charge is -2.18. The molecule has 0 heterocycles. The average Bonchev–Trinajstić information content (AvgIpc) is 2.68. The highest BCUT2D eigenvalue weighted by atomic mass is 16.1. The maximum atomic E-state index is 12.7. The van der Waals surface area contributed by atoms with E-state index in [1.54, 1.807) is 0 Å². The van der Waals surface area contributed by atoms with Crippen LogP contribution in [-0.2, 0) is 11.2 Å².